The third-order valence-corrected chi connectivity index (χ3v) is 2.83. The Labute approximate surface area is 115 Å². The van der Waals surface area contributed by atoms with Gasteiger partial charge in [0.2, 0.25) is 0 Å². The lowest BCUT2D eigenvalue weighted by molar-refractivity contribution is -0.384. The van der Waals surface area contributed by atoms with Crippen molar-refractivity contribution in [3.8, 4) is 0 Å². The van der Waals surface area contributed by atoms with E-state index in [1.165, 1.54) is 18.2 Å². The normalized spacial score (nSPS) is 11.6. The lowest BCUT2D eigenvalue weighted by Gasteiger charge is -2.14. The summed E-state index contributed by atoms with van der Waals surface area (Å²) in [5, 5.41) is 30.5. The number of nitro groups is 1. The van der Waals surface area contributed by atoms with Crippen LogP contribution >= 0.6 is 15.9 Å². The van der Waals surface area contributed by atoms with E-state index in [1.54, 1.807) is 0 Å². The molecule has 0 saturated carbocycles. The van der Waals surface area contributed by atoms with Crippen molar-refractivity contribution in [1.29, 1.82) is 0 Å². The van der Waals surface area contributed by atoms with Crippen molar-refractivity contribution in [1.82, 2.24) is 0 Å². The molecule has 0 heterocycles. The summed E-state index contributed by atoms with van der Waals surface area (Å²) < 4.78 is 0.276. The lowest BCUT2D eigenvalue weighted by atomic mass is 10.2. The highest BCUT2D eigenvalue weighted by molar-refractivity contribution is 9.10. The minimum Gasteiger partial charge on any atom is -0.481 e. The number of anilines is 1. The van der Waals surface area contributed by atoms with Crippen LogP contribution in [0.5, 0.6) is 0 Å². The van der Waals surface area contributed by atoms with Crippen LogP contribution in [0, 0.1) is 10.1 Å². The Bertz CT molecular complexity index is 533. The number of nitro benzene ring substituents is 1. The molecule has 8 nitrogen and oxygen atoms in total. The molecule has 1 atom stereocenters. The van der Waals surface area contributed by atoms with E-state index < -0.39 is 29.3 Å². The van der Waals surface area contributed by atoms with Gasteiger partial charge in [0.15, 0.2) is 0 Å². The Morgan fingerprint density at radius 2 is 2.05 bits per heavy atom. The second-order valence-corrected chi connectivity index (χ2v) is 4.41. The van der Waals surface area contributed by atoms with Gasteiger partial charge in [-0.15, -0.1) is 0 Å². The predicted molar refractivity (Wildman–Crippen MR) is 68.1 cm³/mol. The average molecular weight is 333 g/mol. The van der Waals surface area contributed by atoms with Gasteiger partial charge in [0.1, 0.15) is 6.04 Å². The molecular formula is C10H9BrN2O6. The number of rotatable bonds is 6. The van der Waals surface area contributed by atoms with E-state index in [9.17, 15) is 19.7 Å². The molecule has 0 saturated heterocycles. The molecule has 102 valence electrons. The van der Waals surface area contributed by atoms with E-state index in [2.05, 4.69) is 21.2 Å². The Balaban J connectivity index is 2.94. The molecule has 0 fully saturated rings. The highest BCUT2D eigenvalue weighted by Crippen LogP contribution is 2.27. The number of carboxylic acid groups (broad SMARTS) is 2. The molecule has 1 unspecified atom stereocenters. The maximum absolute atomic E-state index is 10.9. The summed E-state index contributed by atoms with van der Waals surface area (Å²) in [7, 11) is 0. The minimum absolute atomic E-state index is 0.164. The molecule has 0 aromatic heterocycles. The van der Waals surface area contributed by atoms with Crippen LogP contribution in [0.15, 0.2) is 22.7 Å². The van der Waals surface area contributed by atoms with Gasteiger partial charge in [0.25, 0.3) is 5.69 Å². The van der Waals surface area contributed by atoms with Crippen LogP contribution < -0.4 is 5.32 Å². The maximum Gasteiger partial charge on any atom is 0.326 e. The van der Waals surface area contributed by atoms with Crippen molar-refractivity contribution in [3.63, 3.8) is 0 Å². The van der Waals surface area contributed by atoms with Gasteiger partial charge in [-0.3, -0.25) is 14.9 Å². The van der Waals surface area contributed by atoms with Crippen LogP contribution in [0.4, 0.5) is 11.4 Å². The van der Waals surface area contributed by atoms with Crippen molar-refractivity contribution >= 4 is 39.2 Å². The van der Waals surface area contributed by atoms with Gasteiger partial charge in [-0.05, 0) is 22.0 Å². The quantitative estimate of drug-likeness (QED) is 0.533. The van der Waals surface area contributed by atoms with Gasteiger partial charge < -0.3 is 15.5 Å². The number of carbonyl (C=O) groups is 2. The molecule has 0 amide bonds. The largest absolute Gasteiger partial charge is 0.481 e. The van der Waals surface area contributed by atoms with Gasteiger partial charge in [-0.1, -0.05) is 0 Å². The maximum atomic E-state index is 10.9. The zero-order valence-corrected chi connectivity index (χ0v) is 11.0. The fourth-order valence-electron chi connectivity index (χ4n) is 1.30. The van der Waals surface area contributed by atoms with Gasteiger partial charge in [-0.25, -0.2) is 4.79 Å². The number of hydrogen-bond donors (Lipinski definition) is 3. The zero-order valence-electron chi connectivity index (χ0n) is 9.37. The molecule has 19 heavy (non-hydrogen) atoms. The Hall–Kier alpha value is -2.16. The molecule has 0 aliphatic rings. The van der Waals surface area contributed by atoms with Gasteiger partial charge in [0, 0.05) is 22.3 Å². The van der Waals surface area contributed by atoms with E-state index in [0.29, 0.717) is 0 Å². The summed E-state index contributed by atoms with van der Waals surface area (Å²) in [4.78, 5) is 31.3. The second-order valence-electron chi connectivity index (χ2n) is 3.55. The molecule has 1 rings (SSSR count). The van der Waals surface area contributed by atoms with Crippen molar-refractivity contribution < 1.29 is 24.7 Å². The summed E-state index contributed by atoms with van der Waals surface area (Å²) >= 11 is 3.05. The molecule has 9 heteroatoms. The molecule has 0 bridgehead atoms. The number of benzene rings is 1. The van der Waals surface area contributed by atoms with Crippen molar-refractivity contribution in [2.75, 3.05) is 5.32 Å². The van der Waals surface area contributed by atoms with E-state index >= 15 is 0 Å². The zero-order chi connectivity index (χ0) is 14.6. The van der Waals surface area contributed by atoms with Crippen LogP contribution in [0.3, 0.4) is 0 Å². The number of hydrogen-bond acceptors (Lipinski definition) is 5. The number of non-ortho nitro benzene ring substituents is 1. The van der Waals surface area contributed by atoms with Gasteiger partial charge >= 0.3 is 11.9 Å². The second kappa shape index (κ2) is 6.14. The standard InChI is InChI=1S/C10H9BrN2O6/c11-6-3-5(13(18)19)1-2-7(6)12-8(10(16)17)4-9(14)15/h1-3,8,12H,4H2,(H,14,15)(H,16,17). The topological polar surface area (TPSA) is 130 Å². The smallest absolute Gasteiger partial charge is 0.326 e. The van der Waals surface area contributed by atoms with Crippen LogP contribution in [-0.2, 0) is 9.59 Å². The fourth-order valence-corrected chi connectivity index (χ4v) is 1.78. The third-order valence-electron chi connectivity index (χ3n) is 2.17. The summed E-state index contributed by atoms with van der Waals surface area (Å²) in [6.07, 6.45) is -0.612. The van der Waals surface area contributed by atoms with Gasteiger partial charge in [-0.2, -0.15) is 0 Å². The molecule has 1 aromatic carbocycles. The average Bonchev–Trinajstić information content (AvgIpc) is 2.29. The first-order chi connectivity index (χ1) is 8.81. The first-order valence-electron chi connectivity index (χ1n) is 4.96. The monoisotopic (exact) mass is 332 g/mol. The minimum atomic E-state index is -1.33. The number of halogens is 1. The summed E-state index contributed by atoms with van der Waals surface area (Å²) in [6, 6.07) is 2.37. The Kier molecular flexibility index (Phi) is 4.81. The summed E-state index contributed by atoms with van der Waals surface area (Å²) in [6.45, 7) is 0. The predicted octanol–water partition coefficient (Wildman–Crippen LogP) is 1.70. The Morgan fingerprint density at radius 3 is 2.47 bits per heavy atom. The van der Waals surface area contributed by atoms with Crippen LogP contribution in [0.1, 0.15) is 6.42 Å². The SMILES string of the molecule is O=C(O)CC(Nc1ccc([N+](=O)[O-])cc1Br)C(=O)O. The van der Waals surface area contributed by atoms with Crippen LogP contribution in [0.25, 0.3) is 0 Å². The number of aliphatic carboxylic acids is 2. The summed E-state index contributed by atoms with van der Waals surface area (Å²) in [5.74, 6) is -2.59. The molecule has 3 N–H and O–H groups in total. The van der Waals surface area contributed by atoms with Crippen molar-refractivity contribution in [2.24, 2.45) is 0 Å². The third kappa shape index (κ3) is 4.21. The summed E-state index contributed by atoms with van der Waals surface area (Å²) in [5.41, 5.74) is 0.0989. The van der Waals surface area contributed by atoms with E-state index in [1.807, 2.05) is 0 Å². The van der Waals surface area contributed by atoms with Gasteiger partial charge in [0.05, 0.1) is 11.3 Å². The van der Waals surface area contributed by atoms with Crippen molar-refractivity contribution in [2.45, 2.75) is 12.5 Å². The van der Waals surface area contributed by atoms with E-state index in [-0.39, 0.29) is 15.8 Å². The first kappa shape index (κ1) is 14.9. The lowest BCUT2D eigenvalue weighted by Crippen LogP contribution is -2.31. The number of carboxylic acids is 2. The van der Waals surface area contributed by atoms with E-state index in [4.69, 9.17) is 10.2 Å². The first-order valence-corrected chi connectivity index (χ1v) is 5.75. The molecule has 0 aliphatic carbocycles. The number of nitrogens with one attached hydrogen (secondary N) is 1. The molecular weight excluding hydrogens is 324 g/mol. The molecule has 0 spiro atoms. The Morgan fingerprint density at radius 1 is 1.42 bits per heavy atom. The molecule has 1 aromatic rings. The van der Waals surface area contributed by atoms with E-state index in [0.717, 1.165) is 0 Å². The molecule has 0 aliphatic heterocycles. The molecule has 0 radical (unpaired) electrons. The van der Waals surface area contributed by atoms with Crippen molar-refractivity contribution in [3.05, 3.63) is 32.8 Å². The highest BCUT2D eigenvalue weighted by atomic mass is 79.9. The fraction of sp³-hybridized carbons (Fsp3) is 0.200. The van der Waals surface area contributed by atoms with Crippen LogP contribution in [-0.4, -0.2) is 33.1 Å². The highest BCUT2D eigenvalue weighted by Gasteiger charge is 2.22. The van der Waals surface area contributed by atoms with Crippen LogP contribution in [0.2, 0.25) is 0 Å². The number of nitrogens with zero attached hydrogens (tertiary/aromatic N) is 1.